The van der Waals surface area contributed by atoms with Gasteiger partial charge in [-0.2, -0.15) is 0 Å². The van der Waals surface area contributed by atoms with E-state index in [1.807, 2.05) is 12.2 Å². The number of halogens is 2. The maximum Gasteiger partial charge on any atom is 0.342 e. The molecule has 2 aliphatic carbocycles. The molecule has 0 aromatic heterocycles. The monoisotopic (exact) mass is 372 g/mol. The summed E-state index contributed by atoms with van der Waals surface area (Å²) in [4.78, 5) is 24.2. The van der Waals surface area contributed by atoms with E-state index >= 15 is 0 Å². The van der Waals surface area contributed by atoms with Crippen LogP contribution in [0.2, 0.25) is 0 Å². The van der Waals surface area contributed by atoms with E-state index in [0.29, 0.717) is 11.1 Å². The van der Waals surface area contributed by atoms with Crippen LogP contribution < -0.4 is 0 Å². The number of carbonyl (C=O) groups is 2. The predicted molar refractivity (Wildman–Crippen MR) is 75.6 cm³/mol. The zero-order chi connectivity index (χ0) is 13.3. The Kier molecular flexibility index (Phi) is 3.73. The molecule has 0 saturated carbocycles. The Morgan fingerprint density at radius 3 is 2.72 bits per heavy atom. The number of hydrogen-bond acceptors (Lipinski definition) is 3. The van der Waals surface area contributed by atoms with Crippen LogP contribution >= 0.6 is 31.9 Å². The molecule has 0 bridgehead atoms. The van der Waals surface area contributed by atoms with Crippen molar-refractivity contribution in [1.82, 2.24) is 0 Å². The van der Waals surface area contributed by atoms with Crippen LogP contribution in [0.15, 0.2) is 47.1 Å². The second-order valence-electron chi connectivity index (χ2n) is 3.74. The minimum Gasteiger partial charge on any atom is -0.462 e. The van der Waals surface area contributed by atoms with Gasteiger partial charge in [0.25, 0.3) is 0 Å². The van der Waals surface area contributed by atoms with Crippen molar-refractivity contribution in [1.29, 1.82) is 0 Å². The van der Waals surface area contributed by atoms with Crippen molar-refractivity contribution in [2.75, 3.05) is 6.61 Å². The van der Waals surface area contributed by atoms with Gasteiger partial charge in [-0.3, -0.25) is 4.79 Å². The molecule has 0 aliphatic heterocycles. The number of fused-ring (bicyclic) bond motifs is 1. The van der Waals surface area contributed by atoms with Crippen LogP contribution in [0.4, 0.5) is 0 Å². The second-order valence-corrected chi connectivity index (χ2v) is 7.18. The SMILES string of the molecule is CCOC(=O)C1=C2C=CC=CC=C2C(Br)(Br)C1=O. The molecule has 0 aromatic carbocycles. The zero-order valence-corrected chi connectivity index (χ0v) is 12.7. The van der Waals surface area contributed by atoms with E-state index in [9.17, 15) is 9.59 Å². The summed E-state index contributed by atoms with van der Waals surface area (Å²) in [6.07, 6.45) is 8.97. The molecular formula is C13H10Br2O3. The smallest absolute Gasteiger partial charge is 0.342 e. The van der Waals surface area contributed by atoms with Crippen LogP contribution in [0.1, 0.15) is 6.92 Å². The van der Waals surface area contributed by atoms with Gasteiger partial charge in [0, 0.05) is 0 Å². The number of allylic oxidation sites excluding steroid dienone is 7. The molecule has 18 heavy (non-hydrogen) atoms. The summed E-state index contributed by atoms with van der Waals surface area (Å²) < 4.78 is 3.89. The van der Waals surface area contributed by atoms with Gasteiger partial charge in [0.1, 0.15) is 5.57 Å². The molecule has 0 amide bonds. The zero-order valence-electron chi connectivity index (χ0n) is 9.57. The van der Waals surface area contributed by atoms with Crippen molar-refractivity contribution < 1.29 is 14.3 Å². The van der Waals surface area contributed by atoms with Crippen molar-refractivity contribution in [2.24, 2.45) is 0 Å². The van der Waals surface area contributed by atoms with E-state index < -0.39 is 9.20 Å². The lowest BCUT2D eigenvalue weighted by Gasteiger charge is -2.14. The average Bonchev–Trinajstić information content (AvgIpc) is 2.51. The van der Waals surface area contributed by atoms with Gasteiger partial charge in [-0.25, -0.2) is 4.79 Å². The molecule has 94 valence electrons. The first-order valence-electron chi connectivity index (χ1n) is 5.40. The Hall–Kier alpha value is -0.940. The summed E-state index contributed by atoms with van der Waals surface area (Å²) >= 11 is 6.65. The lowest BCUT2D eigenvalue weighted by molar-refractivity contribution is -0.139. The number of esters is 1. The van der Waals surface area contributed by atoms with Crippen LogP contribution in [-0.4, -0.2) is 21.6 Å². The standard InChI is InChI=1S/C13H10Br2O3/c1-2-18-12(17)10-8-6-4-3-5-7-9(8)13(14,15)11(10)16/h3-7H,2H2,1H3. The van der Waals surface area contributed by atoms with Gasteiger partial charge < -0.3 is 4.74 Å². The maximum absolute atomic E-state index is 12.3. The molecule has 0 saturated heterocycles. The molecule has 3 nitrogen and oxygen atoms in total. The third-order valence-corrected chi connectivity index (χ3v) is 4.21. The molecule has 0 heterocycles. The minimum atomic E-state index is -1.05. The van der Waals surface area contributed by atoms with E-state index in [-0.39, 0.29) is 18.0 Å². The lowest BCUT2D eigenvalue weighted by Crippen LogP contribution is -2.25. The van der Waals surface area contributed by atoms with Crippen molar-refractivity contribution in [2.45, 2.75) is 10.2 Å². The highest BCUT2D eigenvalue weighted by atomic mass is 79.9. The number of alkyl halides is 2. The van der Waals surface area contributed by atoms with Gasteiger partial charge in [0.2, 0.25) is 5.78 Å². The minimum absolute atomic E-state index is 0.0804. The third-order valence-electron chi connectivity index (χ3n) is 2.64. The molecule has 2 rings (SSSR count). The van der Waals surface area contributed by atoms with E-state index in [4.69, 9.17) is 4.74 Å². The van der Waals surface area contributed by atoms with E-state index in [1.54, 1.807) is 25.2 Å². The van der Waals surface area contributed by atoms with Gasteiger partial charge in [0.05, 0.1) is 6.61 Å². The summed E-state index contributed by atoms with van der Waals surface area (Å²) in [7, 11) is 0. The highest BCUT2D eigenvalue weighted by Gasteiger charge is 2.49. The summed E-state index contributed by atoms with van der Waals surface area (Å²) in [5, 5.41) is 0. The number of Topliss-reactive ketones (excluding diaryl/α,β-unsaturated/α-hetero) is 1. The van der Waals surface area contributed by atoms with Crippen molar-refractivity contribution in [3.8, 4) is 0 Å². The van der Waals surface area contributed by atoms with Crippen LogP contribution in [0.25, 0.3) is 0 Å². The van der Waals surface area contributed by atoms with Gasteiger partial charge in [-0.15, -0.1) is 0 Å². The van der Waals surface area contributed by atoms with Crippen molar-refractivity contribution >= 4 is 43.6 Å². The van der Waals surface area contributed by atoms with E-state index in [2.05, 4.69) is 31.9 Å². The van der Waals surface area contributed by atoms with Gasteiger partial charge in [-0.05, 0) is 18.1 Å². The summed E-state index contributed by atoms with van der Waals surface area (Å²) in [6.45, 7) is 1.95. The Labute approximate surface area is 122 Å². The average molecular weight is 374 g/mol. The molecule has 0 fully saturated rings. The Morgan fingerprint density at radius 2 is 2.06 bits per heavy atom. The molecule has 0 spiro atoms. The van der Waals surface area contributed by atoms with E-state index in [0.717, 1.165) is 0 Å². The van der Waals surface area contributed by atoms with Crippen LogP contribution in [-0.2, 0) is 14.3 Å². The Morgan fingerprint density at radius 1 is 1.33 bits per heavy atom. The predicted octanol–water partition coefficient (Wildman–Crippen LogP) is 2.97. The topological polar surface area (TPSA) is 43.4 Å². The fourth-order valence-electron chi connectivity index (χ4n) is 1.85. The van der Waals surface area contributed by atoms with Crippen molar-refractivity contribution in [3.63, 3.8) is 0 Å². The van der Waals surface area contributed by atoms with Crippen LogP contribution in [0, 0.1) is 0 Å². The van der Waals surface area contributed by atoms with Crippen molar-refractivity contribution in [3.05, 3.63) is 47.1 Å². The van der Waals surface area contributed by atoms with Gasteiger partial charge in [-0.1, -0.05) is 62.2 Å². The first-order valence-corrected chi connectivity index (χ1v) is 6.98. The Balaban J connectivity index is 2.58. The third kappa shape index (κ3) is 2.06. The highest BCUT2D eigenvalue weighted by molar-refractivity contribution is 9.26. The van der Waals surface area contributed by atoms with Gasteiger partial charge >= 0.3 is 5.97 Å². The fourth-order valence-corrected chi connectivity index (χ4v) is 2.93. The van der Waals surface area contributed by atoms with Crippen LogP contribution in [0.5, 0.6) is 0 Å². The highest BCUT2D eigenvalue weighted by Crippen LogP contribution is 2.48. The number of ketones is 1. The fraction of sp³-hybridized carbons (Fsp3) is 0.231. The Bertz CT molecular complexity index is 536. The number of ether oxygens (including phenoxy) is 1. The lowest BCUT2D eigenvalue weighted by atomic mass is 10.1. The molecule has 5 heteroatoms. The summed E-state index contributed by atoms with van der Waals surface area (Å²) in [5.41, 5.74) is 1.38. The largest absolute Gasteiger partial charge is 0.462 e. The molecule has 0 aromatic rings. The molecule has 0 radical (unpaired) electrons. The maximum atomic E-state index is 12.3. The molecule has 0 atom stereocenters. The molecule has 2 aliphatic rings. The van der Waals surface area contributed by atoms with Crippen LogP contribution in [0.3, 0.4) is 0 Å². The first-order chi connectivity index (χ1) is 8.50. The number of hydrogen-bond donors (Lipinski definition) is 0. The quantitative estimate of drug-likeness (QED) is 0.424. The molecular weight excluding hydrogens is 364 g/mol. The summed E-state index contributed by atoms with van der Waals surface area (Å²) in [6, 6.07) is 0. The second kappa shape index (κ2) is 4.97. The molecule has 0 unspecified atom stereocenters. The number of carbonyl (C=O) groups excluding carboxylic acids is 2. The van der Waals surface area contributed by atoms with E-state index in [1.165, 1.54) is 0 Å². The number of rotatable bonds is 2. The molecule has 0 N–H and O–H groups in total. The first kappa shape index (κ1) is 13.5. The normalized spacial score (nSPS) is 20.6. The van der Waals surface area contributed by atoms with Gasteiger partial charge in [0.15, 0.2) is 3.23 Å². The summed E-state index contributed by atoms with van der Waals surface area (Å²) in [5.74, 6) is -0.919.